The van der Waals surface area contributed by atoms with Crippen molar-refractivity contribution in [3.05, 3.63) is 54.1 Å². The van der Waals surface area contributed by atoms with Crippen LogP contribution in [0, 0.1) is 0 Å². The Kier molecular flexibility index (Phi) is 6.37. The fraction of sp³-hybridized carbons (Fsp3) is 0.263. The molecule has 0 fully saturated rings. The number of rotatable bonds is 7. The zero-order valence-corrected chi connectivity index (χ0v) is 13.9. The van der Waals surface area contributed by atoms with E-state index in [1.165, 1.54) is 0 Å². The third-order valence-corrected chi connectivity index (χ3v) is 3.23. The number of anilines is 1. The number of hydrogen-bond donors (Lipinski definition) is 1. The molecule has 0 atom stereocenters. The lowest BCUT2D eigenvalue weighted by atomic mass is 10.2. The second-order valence-electron chi connectivity index (χ2n) is 5.19. The Balaban J connectivity index is 1.95. The van der Waals surface area contributed by atoms with Crippen molar-refractivity contribution >= 4 is 17.6 Å². The smallest absolute Gasteiger partial charge is 0.343 e. The molecule has 0 aliphatic carbocycles. The van der Waals surface area contributed by atoms with Gasteiger partial charge in [0.1, 0.15) is 11.5 Å². The number of carbonyl (C=O) groups excluding carboxylic acids is 2. The van der Waals surface area contributed by atoms with Crippen molar-refractivity contribution in [1.29, 1.82) is 0 Å². The maximum atomic E-state index is 12.1. The predicted molar refractivity (Wildman–Crippen MR) is 92.5 cm³/mol. The van der Waals surface area contributed by atoms with E-state index in [-0.39, 0.29) is 5.91 Å². The Morgan fingerprint density at radius 2 is 1.54 bits per heavy atom. The second-order valence-corrected chi connectivity index (χ2v) is 5.19. The van der Waals surface area contributed by atoms with Crippen LogP contribution in [0.5, 0.6) is 11.5 Å². The maximum Gasteiger partial charge on any atom is 0.343 e. The molecule has 0 saturated carbocycles. The van der Waals surface area contributed by atoms with Crippen LogP contribution in [0.2, 0.25) is 0 Å². The molecule has 0 bridgehead atoms. The van der Waals surface area contributed by atoms with Crippen LogP contribution < -0.4 is 14.8 Å². The van der Waals surface area contributed by atoms with Gasteiger partial charge in [-0.05, 0) is 55.0 Å². The minimum atomic E-state index is -0.442. The Hall–Kier alpha value is -2.82. The number of amides is 1. The first-order valence-corrected chi connectivity index (χ1v) is 7.97. The van der Waals surface area contributed by atoms with Crippen LogP contribution in [-0.4, -0.2) is 18.5 Å². The zero-order valence-electron chi connectivity index (χ0n) is 13.9. The van der Waals surface area contributed by atoms with E-state index >= 15 is 0 Å². The van der Waals surface area contributed by atoms with E-state index in [9.17, 15) is 9.59 Å². The van der Waals surface area contributed by atoms with E-state index < -0.39 is 5.97 Å². The fourth-order valence-corrected chi connectivity index (χ4v) is 1.93. The van der Waals surface area contributed by atoms with Gasteiger partial charge in [0, 0.05) is 12.1 Å². The Labute approximate surface area is 141 Å². The van der Waals surface area contributed by atoms with Crippen LogP contribution in [-0.2, 0) is 4.79 Å². The average molecular weight is 327 g/mol. The van der Waals surface area contributed by atoms with Crippen molar-refractivity contribution in [2.45, 2.75) is 26.7 Å². The van der Waals surface area contributed by atoms with Gasteiger partial charge in [-0.15, -0.1) is 0 Å². The summed E-state index contributed by atoms with van der Waals surface area (Å²) in [6, 6.07) is 13.5. The lowest BCUT2D eigenvalue weighted by Gasteiger charge is -2.08. The summed E-state index contributed by atoms with van der Waals surface area (Å²) < 4.78 is 10.8. The van der Waals surface area contributed by atoms with Gasteiger partial charge >= 0.3 is 5.97 Å². The van der Waals surface area contributed by atoms with Crippen LogP contribution in [0.3, 0.4) is 0 Å². The van der Waals surface area contributed by atoms with Gasteiger partial charge in [-0.3, -0.25) is 4.79 Å². The van der Waals surface area contributed by atoms with Gasteiger partial charge in [0.25, 0.3) is 0 Å². The molecule has 0 saturated heterocycles. The second kappa shape index (κ2) is 8.72. The summed E-state index contributed by atoms with van der Waals surface area (Å²) in [6.07, 6.45) is 1.34. The molecule has 0 aliphatic heterocycles. The van der Waals surface area contributed by atoms with E-state index in [2.05, 4.69) is 5.32 Å². The van der Waals surface area contributed by atoms with Crippen molar-refractivity contribution in [2.75, 3.05) is 11.9 Å². The largest absolute Gasteiger partial charge is 0.494 e. The molecule has 24 heavy (non-hydrogen) atoms. The Morgan fingerprint density at radius 1 is 0.917 bits per heavy atom. The van der Waals surface area contributed by atoms with Gasteiger partial charge < -0.3 is 14.8 Å². The first-order chi connectivity index (χ1) is 11.6. The molecule has 0 aliphatic rings. The molecule has 0 heterocycles. The van der Waals surface area contributed by atoms with Crippen molar-refractivity contribution in [2.24, 2.45) is 0 Å². The van der Waals surface area contributed by atoms with Gasteiger partial charge in [0.15, 0.2) is 0 Å². The molecule has 2 rings (SSSR count). The van der Waals surface area contributed by atoms with Crippen molar-refractivity contribution in [1.82, 2.24) is 0 Å². The quantitative estimate of drug-likeness (QED) is 0.615. The summed E-state index contributed by atoms with van der Waals surface area (Å²) in [5, 5.41) is 2.73. The van der Waals surface area contributed by atoms with E-state index in [4.69, 9.17) is 9.47 Å². The monoisotopic (exact) mass is 327 g/mol. The van der Waals surface area contributed by atoms with E-state index in [0.717, 1.165) is 12.2 Å². The first kappa shape index (κ1) is 17.5. The number of nitrogens with one attached hydrogen (secondary N) is 1. The van der Waals surface area contributed by atoms with E-state index in [1.54, 1.807) is 55.5 Å². The van der Waals surface area contributed by atoms with Crippen molar-refractivity contribution < 1.29 is 19.1 Å². The third kappa shape index (κ3) is 5.12. The maximum absolute atomic E-state index is 12.1. The molecule has 5 heteroatoms. The lowest BCUT2D eigenvalue weighted by molar-refractivity contribution is -0.115. The van der Waals surface area contributed by atoms with Crippen molar-refractivity contribution in [3.63, 3.8) is 0 Å². The minimum absolute atomic E-state index is 0.0647. The number of ether oxygens (including phenoxy) is 2. The summed E-state index contributed by atoms with van der Waals surface area (Å²) >= 11 is 0. The molecule has 2 aromatic rings. The van der Waals surface area contributed by atoms with E-state index in [0.29, 0.717) is 30.0 Å². The van der Waals surface area contributed by atoms with Crippen LogP contribution >= 0.6 is 0 Å². The Bertz CT molecular complexity index is 678. The van der Waals surface area contributed by atoms with Gasteiger partial charge in [0.05, 0.1) is 12.2 Å². The summed E-state index contributed by atoms with van der Waals surface area (Å²) in [5.41, 5.74) is 1.11. The molecule has 0 unspecified atom stereocenters. The van der Waals surface area contributed by atoms with Crippen LogP contribution in [0.25, 0.3) is 0 Å². The molecule has 1 N–H and O–H groups in total. The summed E-state index contributed by atoms with van der Waals surface area (Å²) in [5.74, 6) is 0.637. The van der Waals surface area contributed by atoms with Gasteiger partial charge in [0.2, 0.25) is 5.91 Å². The number of benzene rings is 2. The van der Waals surface area contributed by atoms with E-state index in [1.807, 2.05) is 6.92 Å². The molecule has 0 aromatic heterocycles. The molecule has 5 nitrogen and oxygen atoms in total. The first-order valence-electron chi connectivity index (χ1n) is 7.97. The zero-order chi connectivity index (χ0) is 17.4. The molecule has 0 radical (unpaired) electrons. The fourth-order valence-electron chi connectivity index (χ4n) is 1.93. The number of carbonyl (C=O) groups is 2. The number of hydrogen-bond acceptors (Lipinski definition) is 4. The number of esters is 1. The molecule has 1 amide bonds. The average Bonchev–Trinajstić information content (AvgIpc) is 2.61. The topological polar surface area (TPSA) is 64.6 Å². The summed E-state index contributed by atoms with van der Waals surface area (Å²) in [7, 11) is 0. The van der Waals surface area contributed by atoms with Crippen molar-refractivity contribution in [3.8, 4) is 11.5 Å². The minimum Gasteiger partial charge on any atom is -0.494 e. The van der Waals surface area contributed by atoms with Crippen LogP contribution in [0.15, 0.2) is 48.5 Å². The van der Waals surface area contributed by atoms with Crippen LogP contribution in [0.1, 0.15) is 37.0 Å². The SMILES string of the molecule is CCCOc1ccc(C(=O)Oc2ccc(NC(=O)CC)cc2)cc1. The highest BCUT2D eigenvalue weighted by Gasteiger charge is 2.09. The molecule has 126 valence electrons. The molecule has 2 aromatic carbocycles. The van der Waals surface area contributed by atoms with Crippen LogP contribution in [0.4, 0.5) is 5.69 Å². The highest BCUT2D eigenvalue weighted by molar-refractivity contribution is 5.92. The molecular formula is C19H21NO4. The van der Waals surface area contributed by atoms with Gasteiger partial charge in [-0.1, -0.05) is 13.8 Å². The summed E-state index contributed by atoms with van der Waals surface area (Å²) in [6.45, 7) is 4.46. The highest BCUT2D eigenvalue weighted by atomic mass is 16.5. The molecular weight excluding hydrogens is 306 g/mol. The third-order valence-electron chi connectivity index (χ3n) is 3.23. The van der Waals surface area contributed by atoms with Gasteiger partial charge in [-0.2, -0.15) is 0 Å². The molecule has 0 spiro atoms. The predicted octanol–water partition coefficient (Wildman–Crippen LogP) is 4.04. The normalized spacial score (nSPS) is 10.1. The lowest BCUT2D eigenvalue weighted by Crippen LogP contribution is -2.10. The summed E-state index contributed by atoms with van der Waals surface area (Å²) in [4.78, 5) is 23.4. The Morgan fingerprint density at radius 3 is 2.12 bits per heavy atom. The highest BCUT2D eigenvalue weighted by Crippen LogP contribution is 2.18. The standard InChI is InChI=1S/C19H21NO4/c1-3-13-23-16-9-5-14(6-10-16)19(22)24-17-11-7-15(8-12-17)20-18(21)4-2/h5-12H,3-4,13H2,1-2H3,(H,20,21). The van der Waals surface area contributed by atoms with Gasteiger partial charge in [-0.25, -0.2) is 4.79 Å².